The molecule has 4 aromatic rings. The maximum atomic E-state index is 10.8. The molecule has 2 heterocycles. The highest BCUT2D eigenvalue weighted by atomic mass is 79.9. The lowest BCUT2D eigenvalue weighted by Gasteiger charge is -2.03. The summed E-state index contributed by atoms with van der Waals surface area (Å²) in [6.45, 7) is 0.0907. The summed E-state index contributed by atoms with van der Waals surface area (Å²) in [6.07, 6.45) is 0. The Morgan fingerprint density at radius 3 is 2.40 bits per heavy atom. The molecule has 2 N–H and O–H groups in total. The number of amides is 1. The van der Waals surface area contributed by atoms with Gasteiger partial charge in [0.05, 0.1) is 0 Å². The first-order chi connectivity index (χ1) is 14.6. The second-order valence-electron chi connectivity index (χ2n) is 6.21. The van der Waals surface area contributed by atoms with Gasteiger partial charge in [-0.1, -0.05) is 21.1 Å². The molecule has 30 heavy (non-hydrogen) atoms. The van der Waals surface area contributed by atoms with Crippen molar-refractivity contribution in [2.45, 2.75) is 6.61 Å². The number of benzene rings is 2. The summed E-state index contributed by atoms with van der Waals surface area (Å²) in [6, 6.07) is 18.0. The van der Waals surface area contributed by atoms with Crippen LogP contribution in [-0.4, -0.2) is 22.7 Å². The Morgan fingerprint density at radius 2 is 1.67 bits per heavy atom. The van der Waals surface area contributed by atoms with Crippen molar-refractivity contribution in [3.8, 4) is 34.5 Å². The van der Waals surface area contributed by atoms with Gasteiger partial charge in [-0.3, -0.25) is 4.79 Å². The van der Waals surface area contributed by atoms with E-state index >= 15 is 0 Å². The van der Waals surface area contributed by atoms with Gasteiger partial charge in [0.1, 0.15) is 23.9 Å². The van der Waals surface area contributed by atoms with Gasteiger partial charge in [-0.2, -0.15) is 4.98 Å². The van der Waals surface area contributed by atoms with Crippen molar-refractivity contribution < 1.29 is 23.2 Å². The first-order valence-corrected chi connectivity index (χ1v) is 9.69. The highest BCUT2D eigenvalue weighted by molar-refractivity contribution is 9.10. The largest absolute Gasteiger partial charge is 0.486 e. The molecule has 2 aromatic carbocycles. The summed E-state index contributed by atoms with van der Waals surface area (Å²) in [5.74, 6) is 2.45. The normalized spacial score (nSPS) is 10.7. The van der Waals surface area contributed by atoms with Gasteiger partial charge in [0.15, 0.2) is 12.4 Å². The molecule has 0 fully saturated rings. The van der Waals surface area contributed by atoms with Gasteiger partial charge in [0.2, 0.25) is 5.82 Å². The predicted octanol–water partition coefficient (Wildman–Crippen LogP) is 4.20. The third-order valence-corrected chi connectivity index (χ3v) is 4.52. The SMILES string of the molecule is NC(=O)COc1ccc(-c2noc(-c3ccc(COc4ccc(Br)cc4)o3)n2)cc1. The Bertz CT molecular complexity index is 1140. The zero-order chi connectivity index (χ0) is 20.9. The molecule has 0 saturated heterocycles. The van der Waals surface area contributed by atoms with E-state index in [0.717, 1.165) is 15.8 Å². The summed E-state index contributed by atoms with van der Waals surface area (Å²) < 4.78 is 23.0. The Hall–Kier alpha value is -3.59. The van der Waals surface area contributed by atoms with E-state index in [4.69, 9.17) is 24.1 Å². The summed E-state index contributed by atoms with van der Waals surface area (Å²) in [7, 11) is 0. The van der Waals surface area contributed by atoms with Crippen LogP contribution in [0.1, 0.15) is 5.76 Å². The van der Waals surface area contributed by atoms with Gasteiger partial charge in [-0.25, -0.2) is 0 Å². The zero-order valence-electron chi connectivity index (χ0n) is 15.6. The molecular formula is C21H16BrN3O5. The summed E-state index contributed by atoms with van der Waals surface area (Å²) in [4.78, 5) is 15.1. The van der Waals surface area contributed by atoms with Crippen molar-refractivity contribution in [3.63, 3.8) is 0 Å². The molecule has 0 atom stereocenters. The lowest BCUT2D eigenvalue weighted by Crippen LogP contribution is -2.19. The van der Waals surface area contributed by atoms with Gasteiger partial charge < -0.3 is 24.1 Å². The number of carbonyl (C=O) groups excluding carboxylic acids is 1. The van der Waals surface area contributed by atoms with Crippen LogP contribution in [0.15, 0.2) is 74.1 Å². The second kappa shape index (κ2) is 8.83. The first-order valence-electron chi connectivity index (χ1n) is 8.89. The number of hydrogen-bond acceptors (Lipinski definition) is 7. The van der Waals surface area contributed by atoms with Crippen molar-refractivity contribution in [2.24, 2.45) is 5.73 Å². The van der Waals surface area contributed by atoms with Gasteiger partial charge in [-0.15, -0.1) is 0 Å². The van der Waals surface area contributed by atoms with Crippen LogP contribution >= 0.6 is 15.9 Å². The number of carbonyl (C=O) groups is 1. The molecule has 0 saturated carbocycles. The third kappa shape index (κ3) is 4.87. The van der Waals surface area contributed by atoms with Gasteiger partial charge in [0, 0.05) is 10.0 Å². The number of nitrogens with two attached hydrogens (primary N) is 1. The highest BCUT2D eigenvalue weighted by Crippen LogP contribution is 2.26. The summed E-state index contributed by atoms with van der Waals surface area (Å²) in [5.41, 5.74) is 5.78. The minimum absolute atomic E-state index is 0.182. The van der Waals surface area contributed by atoms with Crippen LogP contribution in [0.25, 0.3) is 23.0 Å². The van der Waals surface area contributed by atoms with Crippen LogP contribution in [0.5, 0.6) is 11.5 Å². The summed E-state index contributed by atoms with van der Waals surface area (Å²) in [5, 5.41) is 3.98. The topological polar surface area (TPSA) is 114 Å². The Balaban J connectivity index is 1.40. The number of primary amides is 1. The lowest BCUT2D eigenvalue weighted by molar-refractivity contribution is -0.119. The number of rotatable bonds is 8. The predicted molar refractivity (Wildman–Crippen MR) is 111 cm³/mol. The molecule has 2 aromatic heterocycles. The van der Waals surface area contributed by atoms with Crippen LogP contribution in [0.2, 0.25) is 0 Å². The number of nitrogens with zero attached hydrogens (tertiary/aromatic N) is 2. The number of aromatic nitrogens is 2. The number of ether oxygens (including phenoxy) is 2. The standard InChI is InChI=1S/C21H16BrN3O5/c22-14-3-7-16(8-4-14)27-11-17-9-10-18(29-17)21-24-20(25-30-21)13-1-5-15(6-2-13)28-12-19(23)26/h1-10H,11-12H2,(H2,23,26). The van der Waals surface area contributed by atoms with E-state index in [-0.39, 0.29) is 19.1 Å². The molecule has 0 bridgehead atoms. The molecule has 0 spiro atoms. The molecule has 0 aliphatic carbocycles. The zero-order valence-corrected chi connectivity index (χ0v) is 17.2. The molecule has 1 amide bonds. The molecule has 0 aliphatic rings. The number of hydrogen-bond donors (Lipinski definition) is 1. The van der Waals surface area contributed by atoms with Crippen molar-refractivity contribution in [3.05, 3.63) is 70.9 Å². The average molecular weight is 470 g/mol. The van der Waals surface area contributed by atoms with E-state index in [1.807, 2.05) is 24.3 Å². The van der Waals surface area contributed by atoms with Crippen LogP contribution in [-0.2, 0) is 11.4 Å². The smallest absolute Gasteiger partial charge is 0.293 e. The van der Waals surface area contributed by atoms with Crippen LogP contribution in [0, 0.1) is 0 Å². The second-order valence-corrected chi connectivity index (χ2v) is 7.13. The molecule has 9 heteroatoms. The molecule has 8 nitrogen and oxygen atoms in total. The molecule has 0 unspecified atom stereocenters. The van der Waals surface area contributed by atoms with E-state index in [1.165, 1.54) is 0 Å². The number of halogens is 1. The van der Waals surface area contributed by atoms with E-state index in [9.17, 15) is 4.79 Å². The fourth-order valence-corrected chi connectivity index (χ4v) is 2.82. The van der Waals surface area contributed by atoms with E-state index in [2.05, 4.69) is 26.1 Å². The molecular weight excluding hydrogens is 454 g/mol. The van der Waals surface area contributed by atoms with Crippen LogP contribution < -0.4 is 15.2 Å². The fourth-order valence-electron chi connectivity index (χ4n) is 2.55. The average Bonchev–Trinajstić information content (AvgIpc) is 3.42. The van der Waals surface area contributed by atoms with Crippen LogP contribution in [0.3, 0.4) is 0 Å². The highest BCUT2D eigenvalue weighted by Gasteiger charge is 2.15. The summed E-state index contributed by atoms with van der Waals surface area (Å²) >= 11 is 3.38. The minimum atomic E-state index is -0.540. The molecule has 4 rings (SSSR count). The molecule has 0 aliphatic heterocycles. The lowest BCUT2D eigenvalue weighted by atomic mass is 10.2. The first kappa shape index (κ1) is 19.7. The Kier molecular flexibility index (Phi) is 5.80. The molecule has 152 valence electrons. The van der Waals surface area contributed by atoms with Gasteiger partial charge in [0.25, 0.3) is 11.8 Å². The maximum absolute atomic E-state index is 10.8. The number of furan rings is 1. The van der Waals surface area contributed by atoms with E-state index in [0.29, 0.717) is 23.1 Å². The third-order valence-electron chi connectivity index (χ3n) is 3.99. The van der Waals surface area contributed by atoms with E-state index < -0.39 is 5.91 Å². The van der Waals surface area contributed by atoms with Crippen molar-refractivity contribution in [1.29, 1.82) is 0 Å². The maximum Gasteiger partial charge on any atom is 0.293 e. The van der Waals surface area contributed by atoms with Crippen molar-refractivity contribution in [1.82, 2.24) is 10.1 Å². The van der Waals surface area contributed by atoms with Crippen molar-refractivity contribution >= 4 is 21.8 Å². The molecule has 0 radical (unpaired) electrons. The fraction of sp³-hybridized carbons (Fsp3) is 0.0952. The quantitative estimate of drug-likeness (QED) is 0.411. The van der Waals surface area contributed by atoms with Crippen molar-refractivity contribution in [2.75, 3.05) is 6.61 Å². The van der Waals surface area contributed by atoms with Gasteiger partial charge >= 0.3 is 0 Å². The van der Waals surface area contributed by atoms with Crippen LogP contribution in [0.4, 0.5) is 0 Å². The Labute approximate surface area is 179 Å². The minimum Gasteiger partial charge on any atom is -0.486 e. The van der Waals surface area contributed by atoms with E-state index in [1.54, 1.807) is 36.4 Å². The van der Waals surface area contributed by atoms with Gasteiger partial charge in [-0.05, 0) is 60.7 Å². The Morgan fingerprint density at radius 1 is 0.967 bits per heavy atom. The monoisotopic (exact) mass is 469 g/mol.